The molecule has 5 heteroatoms. The number of rotatable bonds is 5. The van der Waals surface area contributed by atoms with Gasteiger partial charge in [0, 0.05) is 45.1 Å². The summed E-state index contributed by atoms with van der Waals surface area (Å²) in [6.45, 7) is 2.60. The van der Waals surface area contributed by atoms with Crippen molar-refractivity contribution in [1.82, 2.24) is 14.5 Å². The Kier molecular flexibility index (Phi) is 4.51. The van der Waals surface area contributed by atoms with Crippen molar-refractivity contribution in [2.75, 3.05) is 13.6 Å². The minimum atomic E-state index is -0.0204. The van der Waals surface area contributed by atoms with Crippen LogP contribution in [0.1, 0.15) is 21.7 Å². The summed E-state index contributed by atoms with van der Waals surface area (Å²) in [5.41, 5.74) is 3.50. The van der Waals surface area contributed by atoms with Gasteiger partial charge in [-0.15, -0.1) is 0 Å². The lowest BCUT2D eigenvalue weighted by atomic mass is 10.1. The van der Waals surface area contributed by atoms with E-state index in [9.17, 15) is 4.79 Å². The van der Waals surface area contributed by atoms with E-state index in [2.05, 4.69) is 4.98 Å². The van der Waals surface area contributed by atoms with Crippen LogP contribution < -0.4 is 0 Å². The van der Waals surface area contributed by atoms with Crippen LogP contribution in [0.2, 0.25) is 0 Å². The molecule has 0 aliphatic carbocycles. The van der Waals surface area contributed by atoms with Gasteiger partial charge in [0.15, 0.2) is 0 Å². The van der Waals surface area contributed by atoms with Gasteiger partial charge in [0.05, 0.1) is 11.8 Å². The van der Waals surface area contributed by atoms with Crippen LogP contribution in [-0.2, 0) is 13.5 Å². The highest BCUT2D eigenvalue weighted by molar-refractivity contribution is 5.99. The van der Waals surface area contributed by atoms with Crippen LogP contribution in [0.3, 0.4) is 0 Å². The molecule has 0 bridgehead atoms. The molecule has 3 rings (SSSR count). The Labute approximate surface area is 141 Å². The Bertz CT molecular complexity index is 820. The van der Waals surface area contributed by atoms with Gasteiger partial charge in [-0.3, -0.25) is 9.78 Å². The first-order valence-corrected chi connectivity index (χ1v) is 7.93. The number of furan rings is 1. The molecule has 0 unspecified atom stereocenters. The average molecular weight is 323 g/mol. The van der Waals surface area contributed by atoms with Crippen molar-refractivity contribution in [3.8, 4) is 11.3 Å². The minimum Gasteiger partial charge on any atom is -0.464 e. The summed E-state index contributed by atoms with van der Waals surface area (Å²) in [7, 11) is 3.71. The molecule has 0 spiro atoms. The molecular weight excluding hydrogens is 302 g/mol. The number of likely N-dealkylation sites (N-methyl/N-ethyl adjacent to an activating group) is 1. The Balaban J connectivity index is 1.82. The van der Waals surface area contributed by atoms with Crippen molar-refractivity contribution in [3.63, 3.8) is 0 Å². The molecule has 3 heterocycles. The highest BCUT2D eigenvalue weighted by Crippen LogP contribution is 2.30. The van der Waals surface area contributed by atoms with Gasteiger partial charge in [-0.2, -0.15) is 0 Å². The predicted octanol–water partition coefficient (Wildman–Crippen LogP) is 3.30. The highest BCUT2D eigenvalue weighted by atomic mass is 16.3. The second-order valence-electron chi connectivity index (χ2n) is 5.92. The smallest absolute Gasteiger partial charge is 0.270 e. The first kappa shape index (κ1) is 16.1. The fourth-order valence-electron chi connectivity index (χ4n) is 2.88. The average Bonchev–Trinajstić information content (AvgIpc) is 3.20. The molecule has 0 fully saturated rings. The molecule has 0 atom stereocenters. The van der Waals surface area contributed by atoms with Crippen LogP contribution in [0.15, 0.2) is 53.4 Å². The third-order valence-electron chi connectivity index (χ3n) is 4.12. The Morgan fingerprint density at radius 1 is 1.29 bits per heavy atom. The molecule has 5 nitrogen and oxygen atoms in total. The van der Waals surface area contributed by atoms with Gasteiger partial charge < -0.3 is 13.9 Å². The fourth-order valence-corrected chi connectivity index (χ4v) is 2.88. The van der Waals surface area contributed by atoms with Crippen LogP contribution in [0, 0.1) is 6.92 Å². The van der Waals surface area contributed by atoms with Crippen molar-refractivity contribution in [3.05, 3.63) is 65.9 Å². The summed E-state index contributed by atoms with van der Waals surface area (Å²) < 4.78 is 7.39. The van der Waals surface area contributed by atoms with E-state index in [1.165, 1.54) is 0 Å². The van der Waals surface area contributed by atoms with Gasteiger partial charge >= 0.3 is 0 Å². The standard InChI is InChI=1S/C19H21N3O2/c1-14-13-22(3)18(17(14)16-8-6-12-24-16)19(23)21(2)11-9-15-7-4-5-10-20-15/h4-8,10,12-13H,9,11H2,1-3H3. The first-order chi connectivity index (χ1) is 11.6. The second kappa shape index (κ2) is 6.74. The topological polar surface area (TPSA) is 51.3 Å². The highest BCUT2D eigenvalue weighted by Gasteiger charge is 2.24. The summed E-state index contributed by atoms with van der Waals surface area (Å²) in [6, 6.07) is 9.54. The second-order valence-corrected chi connectivity index (χ2v) is 5.92. The quantitative estimate of drug-likeness (QED) is 0.724. The molecule has 0 saturated carbocycles. The van der Waals surface area contributed by atoms with E-state index in [0.717, 1.165) is 29.0 Å². The summed E-state index contributed by atoms with van der Waals surface area (Å²) in [6.07, 6.45) is 6.08. The molecule has 0 saturated heterocycles. The van der Waals surface area contributed by atoms with Crippen molar-refractivity contribution < 1.29 is 9.21 Å². The number of aryl methyl sites for hydroxylation is 2. The lowest BCUT2D eigenvalue weighted by molar-refractivity contribution is 0.0787. The zero-order valence-corrected chi connectivity index (χ0v) is 14.2. The molecule has 0 radical (unpaired) electrons. The van der Waals surface area contributed by atoms with Crippen LogP contribution in [0.5, 0.6) is 0 Å². The van der Waals surface area contributed by atoms with Gasteiger partial charge in [0.1, 0.15) is 11.5 Å². The molecule has 0 aliphatic rings. The molecule has 3 aromatic heterocycles. The molecule has 0 aliphatic heterocycles. The van der Waals surface area contributed by atoms with Gasteiger partial charge in [-0.1, -0.05) is 6.07 Å². The molecule has 0 N–H and O–H groups in total. The SMILES string of the molecule is Cc1cn(C)c(C(=O)N(C)CCc2ccccn2)c1-c1ccco1. The van der Waals surface area contributed by atoms with Gasteiger partial charge in [-0.25, -0.2) is 0 Å². The maximum atomic E-state index is 13.0. The summed E-state index contributed by atoms with van der Waals surface area (Å²) >= 11 is 0. The molecular formula is C19H21N3O2. The maximum absolute atomic E-state index is 13.0. The zero-order valence-electron chi connectivity index (χ0n) is 14.2. The van der Waals surface area contributed by atoms with E-state index in [1.807, 2.05) is 62.1 Å². The van der Waals surface area contributed by atoms with E-state index in [1.54, 1.807) is 17.4 Å². The maximum Gasteiger partial charge on any atom is 0.270 e. The van der Waals surface area contributed by atoms with E-state index >= 15 is 0 Å². The minimum absolute atomic E-state index is 0.0204. The third kappa shape index (κ3) is 3.11. The van der Waals surface area contributed by atoms with Crippen molar-refractivity contribution in [1.29, 1.82) is 0 Å². The third-order valence-corrected chi connectivity index (χ3v) is 4.12. The lowest BCUT2D eigenvalue weighted by Crippen LogP contribution is -2.30. The summed E-state index contributed by atoms with van der Waals surface area (Å²) in [5.74, 6) is 0.697. The molecule has 24 heavy (non-hydrogen) atoms. The van der Waals surface area contributed by atoms with Crippen molar-refractivity contribution in [2.45, 2.75) is 13.3 Å². The number of aromatic nitrogens is 2. The Hall–Kier alpha value is -2.82. The van der Waals surface area contributed by atoms with Gasteiger partial charge in [0.25, 0.3) is 5.91 Å². The molecule has 0 aromatic carbocycles. The number of hydrogen-bond acceptors (Lipinski definition) is 3. The number of carbonyl (C=O) groups excluding carboxylic acids is 1. The van der Waals surface area contributed by atoms with E-state index in [0.29, 0.717) is 12.2 Å². The van der Waals surface area contributed by atoms with Crippen LogP contribution >= 0.6 is 0 Å². The largest absolute Gasteiger partial charge is 0.464 e. The van der Waals surface area contributed by atoms with Gasteiger partial charge in [-0.05, 0) is 36.8 Å². The normalized spacial score (nSPS) is 10.8. The van der Waals surface area contributed by atoms with E-state index in [-0.39, 0.29) is 5.91 Å². The summed E-state index contributed by atoms with van der Waals surface area (Å²) in [5, 5.41) is 0. The van der Waals surface area contributed by atoms with Crippen LogP contribution in [0.4, 0.5) is 0 Å². The Morgan fingerprint density at radius 3 is 2.79 bits per heavy atom. The van der Waals surface area contributed by atoms with Crippen LogP contribution in [-0.4, -0.2) is 34.0 Å². The van der Waals surface area contributed by atoms with Crippen molar-refractivity contribution in [2.24, 2.45) is 7.05 Å². The zero-order chi connectivity index (χ0) is 17.1. The van der Waals surface area contributed by atoms with Crippen molar-refractivity contribution >= 4 is 5.91 Å². The molecule has 3 aromatic rings. The summed E-state index contributed by atoms with van der Waals surface area (Å²) in [4.78, 5) is 19.0. The number of carbonyl (C=O) groups is 1. The fraction of sp³-hybridized carbons (Fsp3) is 0.263. The van der Waals surface area contributed by atoms with E-state index in [4.69, 9.17) is 4.42 Å². The number of nitrogens with zero attached hydrogens (tertiary/aromatic N) is 3. The predicted molar refractivity (Wildman–Crippen MR) is 92.8 cm³/mol. The molecule has 1 amide bonds. The van der Waals surface area contributed by atoms with Gasteiger partial charge in [0.2, 0.25) is 0 Å². The molecule has 124 valence electrons. The number of hydrogen-bond donors (Lipinski definition) is 0. The Morgan fingerprint density at radius 2 is 2.12 bits per heavy atom. The van der Waals surface area contributed by atoms with E-state index < -0.39 is 0 Å². The lowest BCUT2D eigenvalue weighted by Gasteiger charge is -2.18. The van der Waals surface area contributed by atoms with Crippen LogP contribution in [0.25, 0.3) is 11.3 Å². The number of amides is 1. The first-order valence-electron chi connectivity index (χ1n) is 7.93. The monoisotopic (exact) mass is 323 g/mol. The number of pyridine rings is 1.